The molecule has 3 nitrogen and oxygen atoms in total. The van der Waals surface area contributed by atoms with Crippen molar-refractivity contribution < 1.29 is 4.79 Å². The fourth-order valence-corrected chi connectivity index (χ4v) is 7.86. The Kier molecular flexibility index (Phi) is 4.93. The van der Waals surface area contributed by atoms with E-state index in [9.17, 15) is 4.79 Å². The van der Waals surface area contributed by atoms with Crippen molar-refractivity contribution in [3.63, 3.8) is 0 Å². The first-order valence-corrected chi connectivity index (χ1v) is 11.6. The highest BCUT2D eigenvalue weighted by molar-refractivity contribution is 5.84. The van der Waals surface area contributed by atoms with E-state index in [1.807, 2.05) is 6.92 Å². The van der Waals surface area contributed by atoms with E-state index in [0.29, 0.717) is 11.8 Å². The number of hydrogen-bond donors (Lipinski definition) is 1. The fourth-order valence-electron chi connectivity index (χ4n) is 7.86. The smallest absolute Gasteiger partial charge is 0.228 e. The third-order valence-corrected chi connectivity index (χ3v) is 8.68. The summed E-state index contributed by atoms with van der Waals surface area (Å²) in [6, 6.07) is 0.184. The molecule has 0 aromatic carbocycles. The van der Waals surface area contributed by atoms with Gasteiger partial charge in [0.15, 0.2) is 0 Å². The van der Waals surface area contributed by atoms with Crippen LogP contribution in [0.25, 0.3) is 0 Å². The molecule has 0 aromatic heterocycles. The molecule has 1 aliphatic heterocycles. The van der Waals surface area contributed by atoms with Crippen molar-refractivity contribution in [3.05, 3.63) is 36.5 Å². The Morgan fingerprint density at radius 1 is 1.07 bits per heavy atom. The van der Waals surface area contributed by atoms with Gasteiger partial charge in [-0.3, -0.25) is 4.79 Å². The van der Waals surface area contributed by atoms with Crippen LogP contribution in [-0.2, 0) is 4.79 Å². The second kappa shape index (κ2) is 6.83. The average molecular weight is 397 g/mol. The molecule has 2 N–H and O–H groups in total. The number of amides is 1. The second-order valence-corrected chi connectivity index (χ2v) is 11.9. The Labute approximate surface area is 177 Å². The summed E-state index contributed by atoms with van der Waals surface area (Å²) >= 11 is 0. The maximum absolute atomic E-state index is 14.0. The molecule has 29 heavy (non-hydrogen) atoms. The van der Waals surface area contributed by atoms with Crippen LogP contribution in [0.3, 0.4) is 0 Å². The number of allylic oxidation sites excluding steroid dienone is 5. The summed E-state index contributed by atoms with van der Waals surface area (Å²) in [6.07, 6.45) is 16.2. The number of piperidine rings is 1. The summed E-state index contributed by atoms with van der Waals surface area (Å²) in [6.45, 7) is 15.0. The van der Waals surface area contributed by atoms with Crippen LogP contribution in [0.5, 0.6) is 0 Å². The van der Waals surface area contributed by atoms with Crippen LogP contribution in [0.15, 0.2) is 36.5 Å². The van der Waals surface area contributed by atoms with Gasteiger partial charge >= 0.3 is 0 Å². The zero-order valence-corrected chi connectivity index (χ0v) is 19.0. The van der Waals surface area contributed by atoms with E-state index in [-0.39, 0.29) is 27.7 Å². The molecule has 4 saturated carbocycles. The molecule has 1 heterocycles. The maximum Gasteiger partial charge on any atom is 0.228 e. The van der Waals surface area contributed by atoms with Crippen LogP contribution in [-0.4, -0.2) is 29.9 Å². The first kappa shape index (κ1) is 20.9. The minimum atomic E-state index is -0.191. The van der Waals surface area contributed by atoms with E-state index in [2.05, 4.69) is 56.6 Å². The highest BCUT2D eigenvalue weighted by Crippen LogP contribution is 2.71. The Morgan fingerprint density at radius 3 is 2.41 bits per heavy atom. The third kappa shape index (κ3) is 3.44. The topological polar surface area (TPSA) is 46.3 Å². The lowest BCUT2D eigenvalue weighted by atomic mass is 9.38. The molecule has 5 aliphatic rings. The lowest BCUT2D eigenvalue weighted by Gasteiger charge is -2.66. The maximum atomic E-state index is 14.0. The highest BCUT2D eigenvalue weighted by atomic mass is 16.2. The zero-order valence-electron chi connectivity index (χ0n) is 19.0. The molecule has 4 bridgehead atoms. The Morgan fingerprint density at radius 2 is 1.76 bits per heavy atom. The number of likely N-dealkylation sites (tertiary alicyclic amines) is 1. The lowest BCUT2D eigenvalue weighted by Crippen LogP contribution is -2.63. The Hall–Kier alpha value is -1.35. The van der Waals surface area contributed by atoms with Gasteiger partial charge in [0.2, 0.25) is 5.91 Å². The summed E-state index contributed by atoms with van der Waals surface area (Å²) in [5, 5.41) is 0. The van der Waals surface area contributed by atoms with Gasteiger partial charge in [-0.15, -0.1) is 0 Å². The van der Waals surface area contributed by atoms with Gasteiger partial charge < -0.3 is 10.6 Å². The van der Waals surface area contributed by atoms with Gasteiger partial charge in [0.1, 0.15) is 0 Å². The summed E-state index contributed by atoms with van der Waals surface area (Å²) in [4.78, 5) is 16.2. The molecule has 3 unspecified atom stereocenters. The van der Waals surface area contributed by atoms with E-state index in [1.54, 1.807) is 0 Å². The van der Waals surface area contributed by atoms with Crippen molar-refractivity contribution in [2.45, 2.75) is 78.7 Å². The molecule has 4 aliphatic carbocycles. The summed E-state index contributed by atoms with van der Waals surface area (Å²) in [7, 11) is 0. The molecule has 5 rings (SSSR count). The number of hydrogen-bond acceptors (Lipinski definition) is 2. The van der Waals surface area contributed by atoms with Crippen molar-refractivity contribution in [1.29, 1.82) is 0 Å². The normalized spacial score (nSPS) is 43.4. The first-order chi connectivity index (χ1) is 13.5. The van der Waals surface area contributed by atoms with Gasteiger partial charge in [-0.25, -0.2) is 0 Å². The van der Waals surface area contributed by atoms with Crippen molar-refractivity contribution in [1.82, 2.24) is 4.90 Å². The van der Waals surface area contributed by atoms with Gasteiger partial charge in [-0.05, 0) is 79.6 Å². The first-order valence-electron chi connectivity index (χ1n) is 11.6. The summed E-state index contributed by atoms with van der Waals surface area (Å²) < 4.78 is 0. The van der Waals surface area contributed by atoms with Crippen molar-refractivity contribution >= 4 is 5.91 Å². The van der Waals surface area contributed by atoms with Gasteiger partial charge in [0.25, 0.3) is 0 Å². The van der Waals surface area contributed by atoms with Crippen LogP contribution in [0, 0.1) is 27.6 Å². The molecular formula is C26H40N2O. The van der Waals surface area contributed by atoms with E-state index in [1.165, 1.54) is 24.8 Å². The molecule has 5 atom stereocenters. The second-order valence-electron chi connectivity index (χ2n) is 11.9. The van der Waals surface area contributed by atoms with Crippen LogP contribution in [0.2, 0.25) is 0 Å². The molecule has 3 heteroatoms. The Bertz CT molecular complexity index is 765. The molecule has 1 amide bonds. The molecule has 0 aromatic rings. The third-order valence-electron chi connectivity index (χ3n) is 8.68. The minimum Gasteiger partial charge on any atom is -0.342 e. The van der Waals surface area contributed by atoms with Crippen LogP contribution < -0.4 is 5.73 Å². The van der Waals surface area contributed by atoms with Crippen LogP contribution in [0.4, 0.5) is 0 Å². The Balaban J connectivity index is 1.64. The molecule has 0 radical (unpaired) electrons. The average Bonchev–Trinajstić information content (AvgIpc) is 2.61. The SMILES string of the molecule is C=C(/C=C\C=C/C)[C@]12CC3CC(C(=O)N4CCC(N)C(C)(C)C4)(C[C@](C)(C3)C1)C2. The molecule has 0 spiro atoms. The van der Waals surface area contributed by atoms with Gasteiger partial charge in [0.05, 0.1) is 5.41 Å². The monoisotopic (exact) mass is 396 g/mol. The summed E-state index contributed by atoms with van der Waals surface area (Å²) in [5.41, 5.74) is 7.78. The highest BCUT2D eigenvalue weighted by Gasteiger charge is 2.65. The van der Waals surface area contributed by atoms with E-state index in [0.717, 1.165) is 38.8 Å². The lowest BCUT2D eigenvalue weighted by molar-refractivity contribution is -0.178. The van der Waals surface area contributed by atoms with Crippen LogP contribution in [0.1, 0.15) is 72.6 Å². The van der Waals surface area contributed by atoms with Crippen LogP contribution >= 0.6 is 0 Å². The van der Waals surface area contributed by atoms with Gasteiger partial charge in [-0.1, -0.05) is 51.7 Å². The molecule has 1 saturated heterocycles. The largest absolute Gasteiger partial charge is 0.342 e. The summed E-state index contributed by atoms with van der Waals surface area (Å²) in [5.74, 6) is 1.08. The van der Waals surface area contributed by atoms with Crippen molar-refractivity contribution in [3.8, 4) is 0 Å². The number of nitrogens with zero attached hydrogens (tertiary/aromatic N) is 1. The minimum absolute atomic E-state index is 0.00336. The van der Waals surface area contributed by atoms with E-state index >= 15 is 0 Å². The number of carbonyl (C=O) groups excluding carboxylic acids is 1. The molecular weight excluding hydrogens is 356 g/mol. The number of nitrogens with two attached hydrogens (primary N) is 1. The van der Waals surface area contributed by atoms with E-state index in [4.69, 9.17) is 5.73 Å². The molecule has 5 fully saturated rings. The van der Waals surface area contributed by atoms with Gasteiger partial charge in [0, 0.05) is 19.1 Å². The zero-order chi connectivity index (χ0) is 21.1. The van der Waals surface area contributed by atoms with Crippen molar-refractivity contribution in [2.75, 3.05) is 13.1 Å². The standard InChI is InChI=1S/C26H40N2O/c1-6-7-8-9-19(2)25-13-20-12-24(5,15-25)16-26(14-20,17-25)22(29)28-11-10-21(27)23(3,4)18-28/h6-9,20-21H,2,10-18,27H2,1,3-5H3/b7-6-,9-8-/t20?,21?,24-,25-,26?/m1/s1. The number of rotatable bonds is 4. The van der Waals surface area contributed by atoms with Gasteiger partial charge in [-0.2, -0.15) is 0 Å². The fraction of sp³-hybridized carbons (Fsp3) is 0.731. The molecule has 160 valence electrons. The predicted molar refractivity (Wildman–Crippen MR) is 120 cm³/mol. The van der Waals surface area contributed by atoms with E-state index < -0.39 is 0 Å². The quantitative estimate of drug-likeness (QED) is 0.661. The predicted octanol–water partition coefficient (Wildman–Crippen LogP) is 5.24. The van der Waals surface area contributed by atoms with Crippen molar-refractivity contribution in [2.24, 2.45) is 33.3 Å². The number of carbonyl (C=O) groups is 1.